The van der Waals surface area contributed by atoms with Crippen LogP contribution in [-0.4, -0.2) is 23.1 Å². The number of halogens is 3. The summed E-state index contributed by atoms with van der Waals surface area (Å²) in [6, 6.07) is 12.1. The molecule has 0 aliphatic rings. The number of aromatic nitrogens is 1. The van der Waals surface area contributed by atoms with E-state index in [4.69, 9.17) is 56.2 Å². The number of carbonyl (C=O) groups is 1. The van der Waals surface area contributed by atoms with Gasteiger partial charge >= 0.3 is 0 Å². The summed E-state index contributed by atoms with van der Waals surface area (Å²) in [4.78, 5) is 16.6. The number of nitrogens with one attached hydrogen (secondary N) is 2. The minimum atomic E-state index is -0.430. The van der Waals surface area contributed by atoms with Crippen LogP contribution in [0.3, 0.4) is 0 Å². The first kappa shape index (κ1) is 23.5. The fraction of sp³-hybridized carbons (Fsp3) is 0.0455. The van der Waals surface area contributed by atoms with Gasteiger partial charge in [0, 0.05) is 22.7 Å². The largest absolute Gasteiger partial charge is 0.495 e. The van der Waals surface area contributed by atoms with Gasteiger partial charge < -0.3 is 14.5 Å². The predicted molar refractivity (Wildman–Crippen MR) is 139 cm³/mol. The molecule has 33 heavy (non-hydrogen) atoms. The third-order valence-electron chi connectivity index (χ3n) is 4.34. The number of furan rings is 1. The molecule has 0 spiro atoms. The number of anilines is 1. The van der Waals surface area contributed by atoms with E-state index in [9.17, 15) is 4.79 Å². The molecule has 0 unspecified atom stereocenters. The number of carbonyl (C=O) groups excluding carboxylic acids is 1. The van der Waals surface area contributed by atoms with Crippen LogP contribution >= 0.6 is 58.4 Å². The second-order valence-electron chi connectivity index (χ2n) is 6.58. The predicted octanol–water partition coefficient (Wildman–Crippen LogP) is 7.05. The maximum absolute atomic E-state index is 12.2. The minimum Gasteiger partial charge on any atom is -0.495 e. The average Bonchev–Trinajstić information content (AvgIpc) is 3.37. The zero-order chi connectivity index (χ0) is 23.5. The molecule has 0 radical (unpaired) electrons. The van der Waals surface area contributed by atoms with Crippen molar-refractivity contribution in [2.75, 3.05) is 12.4 Å². The first-order valence-electron chi connectivity index (χ1n) is 9.32. The highest BCUT2D eigenvalue weighted by Gasteiger charge is 2.11. The van der Waals surface area contributed by atoms with E-state index in [1.165, 1.54) is 23.5 Å². The van der Waals surface area contributed by atoms with Crippen molar-refractivity contribution in [1.29, 1.82) is 0 Å². The lowest BCUT2D eigenvalue weighted by Crippen LogP contribution is -2.32. The number of hydrogen-bond acceptors (Lipinski definition) is 6. The van der Waals surface area contributed by atoms with Crippen LogP contribution < -0.4 is 15.4 Å². The van der Waals surface area contributed by atoms with E-state index < -0.39 is 5.91 Å². The number of thiocarbonyl (C=S) groups is 1. The SMILES string of the molecule is COc1cc2sc(NC(=S)NC(=O)/C=C/c3ccc(-c4ccc(Cl)cc4Cl)o3)nc2cc1Cl. The van der Waals surface area contributed by atoms with Crippen molar-refractivity contribution in [3.63, 3.8) is 0 Å². The van der Waals surface area contributed by atoms with Crippen LogP contribution in [0, 0.1) is 0 Å². The molecule has 11 heteroatoms. The van der Waals surface area contributed by atoms with Crippen LogP contribution in [0.15, 0.2) is 53.0 Å². The van der Waals surface area contributed by atoms with Gasteiger partial charge in [0.15, 0.2) is 10.2 Å². The summed E-state index contributed by atoms with van der Waals surface area (Å²) in [5, 5.41) is 7.54. The summed E-state index contributed by atoms with van der Waals surface area (Å²) in [7, 11) is 1.54. The highest BCUT2D eigenvalue weighted by Crippen LogP contribution is 2.34. The summed E-state index contributed by atoms with van der Waals surface area (Å²) in [6.07, 6.45) is 2.83. The molecule has 4 rings (SSSR count). The van der Waals surface area contributed by atoms with Gasteiger partial charge in [-0.1, -0.05) is 46.1 Å². The molecule has 0 aliphatic carbocycles. The van der Waals surface area contributed by atoms with Gasteiger partial charge in [-0.2, -0.15) is 0 Å². The Balaban J connectivity index is 1.37. The minimum absolute atomic E-state index is 0.106. The van der Waals surface area contributed by atoms with Gasteiger partial charge in [0.2, 0.25) is 5.91 Å². The number of thiazole rings is 1. The fourth-order valence-corrected chi connectivity index (χ4v) is 4.73. The third-order valence-corrected chi connectivity index (χ3v) is 6.32. The quantitative estimate of drug-likeness (QED) is 0.209. The van der Waals surface area contributed by atoms with E-state index in [1.54, 1.807) is 49.6 Å². The molecule has 2 aromatic heterocycles. The Bertz CT molecular complexity index is 1400. The Morgan fingerprint density at radius 1 is 1.15 bits per heavy atom. The van der Waals surface area contributed by atoms with Crippen molar-refractivity contribution in [2.24, 2.45) is 0 Å². The van der Waals surface area contributed by atoms with Gasteiger partial charge in [-0.25, -0.2) is 4.98 Å². The van der Waals surface area contributed by atoms with Crippen molar-refractivity contribution < 1.29 is 13.9 Å². The summed E-state index contributed by atoms with van der Waals surface area (Å²) in [6.45, 7) is 0. The number of ether oxygens (including phenoxy) is 1. The van der Waals surface area contributed by atoms with E-state index in [2.05, 4.69) is 15.6 Å². The number of fused-ring (bicyclic) bond motifs is 1. The first-order valence-corrected chi connectivity index (χ1v) is 11.7. The molecule has 1 amide bonds. The van der Waals surface area contributed by atoms with Crippen LogP contribution in [0.5, 0.6) is 5.75 Å². The van der Waals surface area contributed by atoms with E-state index in [-0.39, 0.29) is 5.11 Å². The summed E-state index contributed by atoms with van der Waals surface area (Å²) in [5.74, 6) is 1.16. The number of benzene rings is 2. The van der Waals surface area contributed by atoms with Gasteiger partial charge in [0.25, 0.3) is 0 Å². The maximum Gasteiger partial charge on any atom is 0.250 e. The highest BCUT2D eigenvalue weighted by atomic mass is 35.5. The molecule has 0 saturated heterocycles. The van der Waals surface area contributed by atoms with Crippen LogP contribution in [-0.2, 0) is 4.79 Å². The topological polar surface area (TPSA) is 76.4 Å². The average molecular weight is 539 g/mol. The molecule has 2 heterocycles. The first-order chi connectivity index (χ1) is 15.8. The normalized spacial score (nSPS) is 11.2. The number of nitrogens with zero attached hydrogens (tertiary/aromatic N) is 1. The van der Waals surface area contributed by atoms with E-state index in [0.29, 0.717) is 48.5 Å². The lowest BCUT2D eigenvalue weighted by Gasteiger charge is -2.04. The Kier molecular flexibility index (Phi) is 7.21. The van der Waals surface area contributed by atoms with Crippen molar-refractivity contribution in [3.8, 4) is 17.1 Å². The molecular weight excluding hydrogens is 525 g/mol. The van der Waals surface area contributed by atoms with Gasteiger partial charge in [-0.3, -0.25) is 10.1 Å². The van der Waals surface area contributed by atoms with Crippen LogP contribution in [0.4, 0.5) is 5.13 Å². The number of amides is 1. The second-order valence-corrected chi connectivity index (χ2v) is 9.27. The molecule has 168 valence electrons. The van der Waals surface area contributed by atoms with Crippen LogP contribution in [0.1, 0.15) is 5.76 Å². The Hall–Kier alpha value is -2.62. The molecule has 4 aromatic rings. The van der Waals surface area contributed by atoms with Crippen molar-refractivity contribution in [3.05, 3.63) is 69.4 Å². The van der Waals surface area contributed by atoms with Crippen molar-refractivity contribution in [2.45, 2.75) is 0 Å². The van der Waals surface area contributed by atoms with Crippen molar-refractivity contribution >= 4 is 90.8 Å². The zero-order valence-electron chi connectivity index (χ0n) is 16.8. The summed E-state index contributed by atoms with van der Waals surface area (Å²) >= 11 is 24.8. The van der Waals surface area contributed by atoms with Gasteiger partial charge in [0.1, 0.15) is 17.3 Å². The van der Waals surface area contributed by atoms with E-state index in [0.717, 1.165) is 4.70 Å². The monoisotopic (exact) mass is 537 g/mol. The molecule has 2 aromatic carbocycles. The summed E-state index contributed by atoms with van der Waals surface area (Å²) in [5.41, 5.74) is 1.39. The third kappa shape index (κ3) is 5.66. The fourth-order valence-electron chi connectivity index (χ4n) is 2.86. The lowest BCUT2D eigenvalue weighted by molar-refractivity contribution is -0.115. The molecule has 6 nitrogen and oxygen atoms in total. The zero-order valence-corrected chi connectivity index (χ0v) is 20.7. The van der Waals surface area contributed by atoms with Crippen LogP contribution in [0.2, 0.25) is 15.1 Å². The number of hydrogen-bond donors (Lipinski definition) is 2. The van der Waals surface area contributed by atoms with Crippen LogP contribution in [0.25, 0.3) is 27.6 Å². The molecule has 0 atom stereocenters. The molecule has 2 N–H and O–H groups in total. The lowest BCUT2D eigenvalue weighted by atomic mass is 10.2. The molecule has 0 fully saturated rings. The maximum atomic E-state index is 12.2. The molecule has 0 saturated carbocycles. The second kappa shape index (κ2) is 10.1. The smallest absolute Gasteiger partial charge is 0.250 e. The summed E-state index contributed by atoms with van der Waals surface area (Å²) < 4.78 is 11.8. The molecule has 0 aliphatic heterocycles. The van der Waals surface area contributed by atoms with E-state index in [1.807, 2.05) is 0 Å². The van der Waals surface area contributed by atoms with E-state index >= 15 is 0 Å². The van der Waals surface area contributed by atoms with Gasteiger partial charge in [-0.15, -0.1) is 0 Å². The molecular formula is C22H14Cl3N3O3S2. The Morgan fingerprint density at radius 2 is 1.97 bits per heavy atom. The Labute approximate surface area is 213 Å². The number of methoxy groups -OCH3 is 1. The molecule has 0 bridgehead atoms. The number of rotatable bonds is 5. The standard InChI is InChI=1S/C22H14Cl3N3O3S2/c1-30-18-10-19-16(9-15(18)25)26-22(33-19)28-21(32)27-20(29)7-4-12-3-6-17(31-12)13-5-2-11(23)8-14(13)24/h2-10H,1H3,(H2,26,27,28,29,32)/b7-4+. The van der Waals surface area contributed by atoms with Gasteiger partial charge in [0.05, 0.1) is 27.4 Å². The van der Waals surface area contributed by atoms with Crippen molar-refractivity contribution in [1.82, 2.24) is 10.3 Å². The highest BCUT2D eigenvalue weighted by molar-refractivity contribution is 7.80. The van der Waals surface area contributed by atoms with Gasteiger partial charge in [-0.05, 0) is 54.7 Å². The Morgan fingerprint density at radius 3 is 2.73 bits per heavy atom.